The second kappa shape index (κ2) is 8.65. The van der Waals surface area contributed by atoms with Gasteiger partial charge in [-0.15, -0.1) is 5.10 Å². The second-order valence-electron chi connectivity index (χ2n) is 4.36. The smallest absolute Gasteiger partial charge is 0.331 e. The number of benzene rings is 1. The molecule has 0 unspecified atom stereocenters. The summed E-state index contributed by atoms with van der Waals surface area (Å²) in [6, 6.07) is 5.51. The molecule has 1 aromatic carbocycles. The molecule has 1 aliphatic heterocycles. The van der Waals surface area contributed by atoms with Gasteiger partial charge in [0.15, 0.2) is 5.17 Å². The minimum Gasteiger partial charge on any atom is -0.493 e. The highest BCUT2D eigenvalue weighted by Crippen LogP contribution is 2.26. The van der Waals surface area contributed by atoms with E-state index in [1.54, 1.807) is 6.21 Å². The number of amides is 1. The van der Waals surface area contributed by atoms with Crippen molar-refractivity contribution in [3.63, 3.8) is 0 Å². The molecule has 2 rings (SSSR count). The molecule has 7 nitrogen and oxygen atoms in total. The monoisotopic (exact) mass is 411 g/mol. The Bertz CT molecular complexity index is 746. The zero-order chi connectivity index (χ0) is 17.5. The van der Waals surface area contributed by atoms with Gasteiger partial charge in [-0.25, -0.2) is 4.79 Å². The molecule has 0 radical (unpaired) electrons. The Kier molecular flexibility index (Phi) is 6.56. The van der Waals surface area contributed by atoms with Crippen molar-refractivity contribution >= 4 is 51.0 Å². The Morgan fingerprint density at radius 2 is 2.25 bits per heavy atom. The largest absolute Gasteiger partial charge is 0.493 e. The molecule has 1 N–H and O–H groups in total. The summed E-state index contributed by atoms with van der Waals surface area (Å²) >= 11 is 4.43. The fourth-order valence-electron chi connectivity index (χ4n) is 1.66. The average Bonchev–Trinajstić information content (AvgIpc) is 2.89. The Balaban J connectivity index is 2.04. The number of nitrogens with one attached hydrogen (secondary N) is 1. The fraction of sp³-hybridized carbons (Fsp3) is 0.200. The van der Waals surface area contributed by atoms with Gasteiger partial charge in [-0.2, -0.15) is 5.10 Å². The molecular weight excluding hydrogens is 398 g/mol. The fourth-order valence-corrected chi connectivity index (χ4v) is 2.91. The molecule has 1 aromatic rings. The Morgan fingerprint density at radius 1 is 1.46 bits per heavy atom. The van der Waals surface area contributed by atoms with Crippen LogP contribution in [0.25, 0.3) is 0 Å². The van der Waals surface area contributed by atoms with Crippen molar-refractivity contribution in [2.75, 3.05) is 13.7 Å². The van der Waals surface area contributed by atoms with Gasteiger partial charge in [0.25, 0.3) is 5.91 Å². The summed E-state index contributed by atoms with van der Waals surface area (Å²) in [7, 11) is 1.24. The second-order valence-corrected chi connectivity index (χ2v) is 6.25. The van der Waals surface area contributed by atoms with Crippen LogP contribution in [0.4, 0.5) is 0 Å². The van der Waals surface area contributed by atoms with E-state index < -0.39 is 11.9 Å². The number of carbonyl (C=O) groups excluding carboxylic acids is 2. The van der Waals surface area contributed by atoms with Gasteiger partial charge in [0.1, 0.15) is 5.75 Å². The number of esters is 1. The highest BCUT2D eigenvalue weighted by molar-refractivity contribution is 9.10. The minimum absolute atomic E-state index is 0.208. The highest BCUT2D eigenvalue weighted by atomic mass is 79.9. The lowest BCUT2D eigenvalue weighted by molar-refractivity contribution is -0.135. The normalized spacial score (nSPS) is 17.5. The number of carbonyl (C=O) groups is 2. The van der Waals surface area contributed by atoms with Gasteiger partial charge in [0.05, 0.1) is 29.3 Å². The lowest BCUT2D eigenvalue weighted by Gasteiger charge is -2.05. The highest BCUT2D eigenvalue weighted by Gasteiger charge is 2.24. The average molecular weight is 412 g/mol. The van der Waals surface area contributed by atoms with Crippen LogP contribution in [0, 0.1) is 0 Å². The first kappa shape index (κ1) is 18.2. The SMILES string of the molecule is CCOc1ccc(C=N/N=C2/NC(=O)/C(=C\C(=O)OC)S2)cc1Br. The molecule has 24 heavy (non-hydrogen) atoms. The number of methoxy groups -OCH3 is 1. The van der Waals surface area contributed by atoms with Crippen LogP contribution in [0.2, 0.25) is 0 Å². The summed E-state index contributed by atoms with van der Waals surface area (Å²) in [6.07, 6.45) is 2.65. The van der Waals surface area contributed by atoms with Crippen LogP contribution in [0.5, 0.6) is 5.75 Å². The lowest BCUT2D eigenvalue weighted by atomic mass is 10.2. The molecule has 1 heterocycles. The number of halogens is 1. The molecule has 1 amide bonds. The lowest BCUT2D eigenvalue weighted by Crippen LogP contribution is -2.19. The van der Waals surface area contributed by atoms with Crippen LogP contribution < -0.4 is 10.1 Å². The molecule has 126 valence electrons. The molecular formula is C15H14BrN3O4S. The maximum absolute atomic E-state index is 11.7. The molecule has 0 bridgehead atoms. The van der Waals surface area contributed by atoms with Gasteiger partial charge in [0.2, 0.25) is 0 Å². The Labute approximate surface area is 151 Å². The number of hydrogen-bond donors (Lipinski definition) is 1. The zero-order valence-corrected chi connectivity index (χ0v) is 15.3. The van der Waals surface area contributed by atoms with E-state index >= 15 is 0 Å². The first-order chi connectivity index (χ1) is 11.5. The molecule has 0 saturated carbocycles. The quantitative estimate of drug-likeness (QED) is 0.347. The third-order valence-electron chi connectivity index (χ3n) is 2.71. The van der Waals surface area contributed by atoms with Crippen molar-refractivity contribution < 1.29 is 19.1 Å². The van der Waals surface area contributed by atoms with E-state index in [0.29, 0.717) is 6.61 Å². The van der Waals surface area contributed by atoms with Crippen LogP contribution in [-0.4, -0.2) is 37.0 Å². The summed E-state index contributed by atoms with van der Waals surface area (Å²) in [6.45, 7) is 2.49. The van der Waals surface area contributed by atoms with Gasteiger partial charge in [0, 0.05) is 6.08 Å². The van der Waals surface area contributed by atoms with Crippen LogP contribution in [0.1, 0.15) is 12.5 Å². The van der Waals surface area contributed by atoms with E-state index in [1.807, 2.05) is 25.1 Å². The topological polar surface area (TPSA) is 89.4 Å². The number of thioether (sulfide) groups is 1. The van der Waals surface area contributed by atoms with Crippen molar-refractivity contribution in [3.8, 4) is 5.75 Å². The number of nitrogens with zero attached hydrogens (tertiary/aromatic N) is 2. The maximum atomic E-state index is 11.7. The first-order valence-electron chi connectivity index (χ1n) is 6.85. The number of ether oxygens (including phenoxy) is 2. The van der Waals surface area contributed by atoms with Crippen LogP contribution >= 0.6 is 27.7 Å². The van der Waals surface area contributed by atoms with Crippen LogP contribution in [-0.2, 0) is 14.3 Å². The first-order valence-corrected chi connectivity index (χ1v) is 8.46. The van der Waals surface area contributed by atoms with Gasteiger partial charge in [-0.3, -0.25) is 10.1 Å². The van der Waals surface area contributed by atoms with Gasteiger partial charge >= 0.3 is 5.97 Å². The third kappa shape index (κ3) is 4.93. The zero-order valence-electron chi connectivity index (χ0n) is 12.9. The third-order valence-corrected chi connectivity index (χ3v) is 4.23. The van der Waals surface area contributed by atoms with Gasteiger partial charge < -0.3 is 9.47 Å². The Hall–Kier alpha value is -2.13. The number of amidine groups is 1. The summed E-state index contributed by atoms with van der Waals surface area (Å²) < 4.78 is 10.7. The van der Waals surface area contributed by atoms with E-state index in [4.69, 9.17) is 4.74 Å². The summed E-state index contributed by atoms with van der Waals surface area (Å²) in [5, 5.41) is 10.6. The van der Waals surface area contributed by atoms with Crippen LogP contribution in [0.3, 0.4) is 0 Å². The molecule has 1 saturated heterocycles. The van der Waals surface area contributed by atoms with Crippen LogP contribution in [0.15, 0.2) is 43.9 Å². The van der Waals surface area contributed by atoms with Crippen molar-refractivity contribution in [2.45, 2.75) is 6.92 Å². The van der Waals surface area contributed by atoms with E-state index in [2.05, 4.69) is 36.2 Å². The van der Waals surface area contributed by atoms with Crippen molar-refractivity contribution in [1.82, 2.24) is 5.32 Å². The predicted octanol–water partition coefficient (Wildman–Crippen LogP) is 2.46. The predicted molar refractivity (Wildman–Crippen MR) is 96.2 cm³/mol. The molecule has 0 aliphatic carbocycles. The molecule has 9 heteroatoms. The van der Waals surface area contributed by atoms with E-state index in [-0.39, 0.29) is 10.1 Å². The number of hydrogen-bond acceptors (Lipinski definition) is 7. The van der Waals surface area contributed by atoms with Crippen molar-refractivity contribution in [2.24, 2.45) is 10.2 Å². The van der Waals surface area contributed by atoms with E-state index in [1.165, 1.54) is 7.11 Å². The van der Waals surface area contributed by atoms with Crippen molar-refractivity contribution in [1.29, 1.82) is 0 Å². The van der Waals surface area contributed by atoms with E-state index in [0.717, 1.165) is 33.6 Å². The van der Waals surface area contributed by atoms with E-state index in [9.17, 15) is 9.59 Å². The van der Waals surface area contributed by atoms with Crippen molar-refractivity contribution in [3.05, 3.63) is 39.2 Å². The minimum atomic E-state index is -0.600. The molecule has 0 atom stereocenters. The van der Waals surface area contributed by atoms with Gasteiger partial charge in [-0.1, -0.05) is 0 Å². The van der Waals surface area contributed by atoms with Gasteiger partial charge in [-0.05, 0) is 58.4 Å². The summed E-state index contributed by atoms with van der Waals surface area (Å²) in [4.78, 5) is 23.0. The molecule has 1 aliphatic rings. The standard InChI is InChI=1S/C15H14BrN3O4S/c1-3-23-11-5-4-9(6-10(11)16)8-17-19-15-18-14(21)12(24-15)7-13(20)22-2/h4-8H,3H2,1-2H3,(H,18,19,21)/b12-7+,17-8?. The summed E-state index contributed by atoms with van der Waals surface area (Å²) in [5.41, 5.74) is 0.814. The molecule has 1 fully saturated rings. The molecule has 0 aromatic heterocycles. The number of rotatable bonds is 5. The molecule has 0 spiro atoms. The Morgan fingerprint density at radius 3 is 2.92 bits per heavy atom. The maximum Gasteiger partial charge on any atom is 0.331 e. The summed E-state index contributed by atoms with van der Waals surface area (Å²) in [5.74, 6) is -0.267.